The van der Waals surface area contributed by atoms with Crippen LogP contribution in [0.4, 0.5) is 0 Å². The Balaban J connectivity index is 0.00000210. The van der Waals surface area contributed by atoms with E-state index in [9.17, 15) is 4.79 Å². The van der Waals surface area contributed by atoms with Crippen LogP contribution in [0.1, 0.15) is 72.1 Å². The highest BCUT2D eigenvalue weighted by Crippen LogP contribution is 2.66. The summed E-state index contributed by atoms with van der Waals surface area (Å²) in [5, 5.41) is 4.40. The lowest BCUT2D eigenvalue weighted by molar-refractivity contribution is -0.141. The zero-order valence-corrected chi connectivity index (χ0v) is 18.0. The molecular formula is C22H37ClN2O2. The number of Topliss-reactive ketones (excluding diaryl/α,β-unsaturated/α-hetero) is 1. The number of carbonyl (C=O) groups is 1. The summed E-state index contributed by atoms with van der Waals surface area (Å²) >= 11 is 0. The Labute approximate surface area is 170 Å². The number of oxime groups is 1. The second-order valence-corrected chi connectivity index (χ2v) is 10.1. The van der Waals surface area contributed by atoms with Crippen molar-refractivity contribution in [2.45, 2.75) is 72.1 Å². The van der Waals surface area contributed by atoms with Gasteiger partial charge in [-0.2, -0.15) is 0 Å². The Morgan fingerprint density at radius 2 is 1.93 bits per heavy atom. The van der Waals surface area contributed by atoms with Crippen LogP contribution in [0.2, 0.25) is 0 Å². The Morgan fingerprint density at radius 1 is 1.15 bits per heavy atom. The van der Waals surface area contributed by atoms with Crippen LogP contribution in [0.15, 0.2) is 5.16 Å². The number of ketones is 1. The van der Waals surface area contributed by atoms with Gasteiger partial charge in [0.05, 0.1) is 5.71 Å². The van der Waals surface area contributed by atoms with Gasteiger partial charge >= 0.3 is 0 Å². The molecule has 4 rings (SSSR count). The maximum absolute atomic E-state index is 12.6. The first-order valence-corrected chi connectivity index (χ1v) is 10.8. The Kier molecular flexibility index (Phi) is 5.99. The highest BCUT2D eigenvalue weighted by molar-refractivity contribution is 5.87. The van der Waals surface area contributed by atoms with E-state index in [0.717, 1.165) is 43.9 Å². The fraction of sp³-hybridized carbons (Fsp3) is 0.909. The van der Waals surface area contributed by atoms with Crippen molar-refractivity contribution in [1.82, 2.24) is 0 Å². The third-order valence-corrected chi connectivity index (χ3v) is 8.98. The molecule has 0 radical (unpaired) electrons. The van der Waals surface area contributed by atoms with Gasteiger partial charge in [-0.3, -0.25) is 4.79 Å². The predicted molar refractivity (Wildman–Crippen MR) is 111 cm³/mol. The predicted octanol–water partition coefficient (Wildman–Crippen LogP) is 4.60. The number of hydrogen-bond acceptors (Lipinski definition) is 4. The normalized spacial score (nSPS) is 47.6. The van der Waals surface area contributed by atoms with Gasteiger partial charge in [0.1, 0.15) is 12.4 Å². The quantitative estimate of drug-likeness (QED) is 0.560. The van der Waals surface area contributed by atoms with Crippen LogP contribution >= 0.6 is 12.4 Å². The molecule has 27 heavy (non-hydrogen) atoms. The number of carbonyl (C=O) groups excluding carboxylic acids is 1. The fourth-order valence-electron chi connectivity index (χ4n) is 7.57. The average molecular weight is 397 g/mol. The third-order valence-electron chi connectivity index (χ3n) is 8.98. The number of hydrogen-bond donors (Lipinski definition) is 1. The smallest absolute Gasteiger partial charge is 0.139 e. The molecule has 7 atom stereocenters. The van der Waals surface area contributed by atoms with E-state index in [2.05, 4.69) is 25.9 Å². The molecule has 4 aliphatic carbocycles. The van der Waals surface area contributed by atoms with Gasteiger partial charge in [-0.1, -0.05) is 25.9 Å². The van der Waals surface area contributed by atoms with Crippen molar-refractivity contribution in [3.63, 3.8) is 0 Å². The average Bonchev–Trinajstić information content (AvgIpc) is 2.92. The number of halogens is 1. The number of nitrogens with zero attached hydrogens (tertiary/aromatic N) is 1. The molecule has 0 amide bonds. The second kappa shape index (κ2) is 7.67. The number of nitrogens with two attached hydrogens (primary N) is 1. The lowest BCUT2D eigenvalue weighted by Crippen LogP contribution is -2.56. The minimum absolute atomic E-state index is 0. The Morgan fingerprint density at radius 3 is 2.67 bits per heavy atom. The van der Waals surface area contributed by atoms with E-state index in [1.807, 2.05) is 0 Å². The van der Waals surface area contributed by atoms with Gasteiger partial charge in [0, 0.05) is 18.4 Å². The summed E-state index contributed by atoms with van der Waals surface area (Å²) in [7, 11) is 0. The Hall–Kier alpha value is -0.610. The van der Waals surface area contributed by atoms with Gasteiger partial charge in [0.2, 0.25) is 0 Å². The molecular weight excluding hydrogens is 360 g/mol. The summed E-state index contributed by atoms with van der Waals surface area (Å²) in [6.45, 7) is 8.33. The molecule has 4 nitrogen and oxygen atoms in total. The topological polar surface area (TPSA) is 64.7 Å². The molecule has 0 saturated heterocycles. The fourth-order valence-corrected chi connectivity index (χ4v) is 7.57. The van der Waals surface area contributed by atoms with E-state index in [1.165, 1.54) is 25.0 Å². The monoisotopic (exact) mass is 396 g/mol. The van der Waals surface area contributed by atoms with Gasteiger partial charge in [-0.05, 0) is 80.0 Å². The first-order valence-electron chi connectivity index (χ1n) is 10.8. The highest BCUT2D eigenvalue weighted by Gasteiger charge is 2.61. The summed E-state index contributed by atoms with van der Waals surface area (Å²) in [6.07, 6.45) is 9.02. The molecule has 0 heterocycles. The van der Waals surface area contributed by atoms with Crippen LogP contribution in [-0.4, -0.2) is 24.6 Å². The summed E-state index contributed by atoms with van der Waals surface area (Å²) in [4.78, 5) is 18.0. The molecule has 0 aromatic rings. The van der Waals surface area contributed by atoms with Crippen molar-refractivity contribution >= 4 is 23.9 Å². The van der Waals surface area contributed by atoms with Crippen molar-refractivity contribution in [3.8, 4) is 0 Å². The first-order chi connectivity index (χ1) is 12.4. The van der Waals surface area contributed by atoms with Crippen molar-refractivity contribution in [3.05, 3.63) is 0 Å². The molecule has 4 fully saturated rings. The number of rotatable bonds is 3. The van der Waals surface area contributed by atoms with Crippen LogP contribution < -0.4 is 5.73 Å². The van der Waals surface area contributed by atoms with Gasteiger partial charge in [0.15, 0.2) is 0 Å². The zero-order valence-electron chi connectivity index (χ0n) is 17.2. The Bertz CT molecular complexity index is 609. The van der Waals surface area contributed by atoms with Gasteiger partial charge in [-0.15, -0.1) is 12.4 Å². The minimum Gasteiger partial charge on any atom is -0.395 e. The van der Waals surface area contributed by atoms with E-state index >= 15 is 0 Å². The van der Waals surface area contributed by atoms with Gasteiger partial charge < -0.3 is 10.6 Å². The van der Waals surface area contributed by atoms with E-state index in [-0.39, 0.29) is 17.8 Å². The number of fused-ring (bicyclic) bond motifs is 5. The third kappa shape index (κ3) is 3.25. The van der Waals surface area contributed by atoms with Crippen LogP contribution in [0, 0.1) is 40.4 Å². The summed E-state index contributed by atoms with van der Waals surface area (Å²) in [5.74, 6) is 4.15. The van der Waals surface area contributed by atoms with Crippen molar-refractivity contribution in [2.75, 3.05) is 13.2 Å². The van der Waals surface area contributed by atoms with Crippen LogP contribution in [0.5, 0.6) is 0 Å². The van der Waals surface area contributed by atoms with E-state index in [0.29, 0.717) is 42.1 Å². The van der Waals surface area contributed by atoms with Crippen LogP contribution in [0.3, 0.4) is 0 Å². The van der Waals surface area contributed by atoms with Crippen LogP contribution in [0.25, 0.3) is 0 Å². The zero-order chi connectivity index (χ0) is 18.5. The molecule has 0 unspecified atom stereocenters. The SMILES string of the molecule is C[C@H]1C[C@@H]2[C@H](CC[C@]3(C)C(=O)CC[C@@H]23)[C@@]2(C)CC/C(=N\OCCN)C[C@H]12.Cl. The lowest BCUT2D eigenvalue weighted by Gasteiger charge is -2.61. The van der Waals surface area contributed by atoms with E-state index in [4.69, 9.17) is 10.6 Å². The van der Waals surface area contributed by atoms with E-state index < -0.39 is 0 Å². The van der Waals surface area contributed by atoms with Crippen molar-refractivity contribution < 1.29 is 9.63 Å². The second-order valence-electron chi connectivity index (χ2n) is 10.1. The molecule has 0 bridgehead atoms. The molecule has 2 N–H and O–H groups in total. The van der Waals surface area contributed by atoms with Gasteiger partial charge in [0.25, 0.3) is 0 Å². The van der Waals surface area contributed by atoms with Crippen LogP contribution in [-0.2, 0) is 9.63 Å². The lowest BCUT2D eigenvalue weighted by atomic mass is 9.43. The standard InChI is InChI=1S/C22H36N2O2.ClH/c1-14-12-16-17-4-5-20(25)22(17,3)9-7-18(16)21(2)8-6-15(13-19(14)21)24-26-11-10-23;/h14,16-19H,4-13,23H2,1-3H3;1H/b24-15+;/t14-,16-,17-,18-,19+,21+,22-;/m0./s1. The van der Waals surface area contributed by atoms with Crippen molar-refractivity contribution in [1.29, 1.82) is 0 Å². The molecule has 4 saturated carbocycles. The summed E-state index contributed by atoms with van der Waals surface area (Å²) in [5.41, 5.74) is 7.14. The van der Waals surface area contributed by atoms with Crippen molar-refractivity contribution in [2.24, 2.45) is 51.3 Å². The maximum Gasteiger partial charge on any atom is 0.139 e. The highest BCUT2D eigenvalue weighted by atomic mass is 35.5. The minimum atomic E-state index is -0.0125. The molecule has 4 aliphatic rings. The molecule has 0 aromatic carbocycles. The summed E-state index contributed by atoms with van der Waals surface area (Å²) < 4.78 is 0. The summed E-state index contributed by atoms with van der Waals surface area (Å²) in [6, 6.07) is 0. The van der Waals surface area contributed by atoms with E-state index in [1.54, 1.807) is 0 Å². The molecule has 0 aliphatic heterocycles. The molecule has 154 valence electrons. The van der Waals surface area contributed by atoms with Gasteiger partial charge in [-0.25, -0.2) is 0 Å². The molecule has 5 heteroatoms. The maximum atomic E-state index is 12.6. The molecule has 0 spiro atoms. The molecule has 0 aromatic heterocycles. The first kappa shape index (κ1) is 21.1. The largest absolute Gasteiger partial charge is 0.395 e.